The molecule has 0 atom stereocenters. The molecule has 0 N–H and O–H groups in total. The van der Waals surface area contributed by atoms with Crippen molar-refractivity contribution in [2.24, 2.45) is 0 Å². The molecule has 0 unspecified atom stereocenters. The summed E-state index contributed by atoms with van der Waals surface area (Å²) in [5, 5.41) is 8.27. The zero-order chi connectivity index (χ0) is 22.2. The first-order valence-corrected chi connectivity index (χ1v) is 11.4. The molecule has 4 aromatic rings. The van der Waals surface area contributed by atoms with Crippen LogP contribution in [0.3, 0.4) is 0 Å². The first-order chi connectivity index (χ1) is 14.8. The molecule has 0 saturated carbocycles. The van der Waals surface area contributed by atoms with E-state index in [1.54, 1.807) is 34.9 Å². The first-order valence-electron chi connectivity index (χ1n) is 9.97. The SMILES string of the molecule is CCc1nnc2c(S(=O)(=O)N(Cc3ccc(F)cc3)c3cc(C)cc(C)c3)cccn12. The number of benzene rings is 2. The van der Waals surface area contributed by atoms with E-state index in [9.17, 15) is 12.8 Å². The molecule has 160 valence electrons. The molecule has 0 saturated heterocycles. The Hall–Kier alpha value is -3.26. The second kappa shape index (κ2) is 8.11. The quantitative estimate of drug-likeness (QED) is 0.446. The Morgan fingerprint density at radius 2 is 1.68 bits per heavy atom. The molecular weight excluding hydrogens is 415 g/mol. The molecular formula is C23H23FN4O2S. The van der Waals surface area contributed by atoms with Gasteiger partial charge in [-0.05, 0) is 66.9 Å². The van der Waals surface area contributed by atoms with Gasteiger partial charge >= 0.3 is 0 Å². The summed E-state index contributed by atoms with van der Waals surface area (Å²) in [6, 6.07) is 14.7. The molecule has 0 aliphatic heterocycles. The molecule has 2 aromatic heterocycles. The van der Waals surface area contributed by atoms with Crippen LogP contribution in [-0.2, 0) is 23.0 Å². The third kappa shape index (κ3) is 4.03. The number of hydrogen-bond acceptors (Lipinski definition) is 4. The zero-order valence-corrected chi connectivity index (χ0v) is 18.4. The number of hydrogen-bond donors (Lipinski definition) is 0. The monoisotopic (exact) mass is 438 g/mol. The van der Waals surface area contributed by atoms with Crippen LogP contribution in [0.4, 0.5) is 10.1 Å². The molecule has 0 aliphatic carbocycles. The lowest BCUT2D eigenvalue weighted by atomic mass is 10.1. The second-order valence-electron chi connectivity index (χ2n) is 7.52. The molecule has 2 heterocycles. The van der Waals surface area contributed by atoms with Gasteiger partial charge in [0, 0.05) is 12.6 Å². The number of fused-ring (bicyclic) bond motifs is 1. The van der Waals surface area contributed by atoms with Crippen LogP contribution < -0.4 is 4.31 Å². The number of nitrogens with zero attached hydrogens (tertiary/aromatic N) is 4. The fourth-order valence-electron chi connectivity index (χ4n) is 3.67. The van der Waals surface area contributed by atoms with Crippen molar-refractivity contribution in [1.29, 1.82) is 0 Å². The third-order valence-electron chi connectivity index (χ3n) is 5.09. The minimum Gasteiger partial charge on any atom is -0.285 e. The Labute approximate surface area is 181 Å². The maximum Gasteiger partial charge on any atom is 0.268 e. The molecule has 0 amide bonds. The van der Waals surface area contributed by atoms with Gasteiger partial charge in [0.15, 0.2) is 5.65 Å². The maximum absolute atomic E-state index is 13.9. The summed E-state index contributed by atoms with van der Waals surface area (Å²) in [5.41, 5.74) is 3.39. The molecule has 2 aromatic carbocycles. The summed E-state index contributed by atoms with van der Waals surface area (Å²) in [6.07, 6.45) is 2.38. The van der Waals surface area contributed by atoms with E-state index in [2.05, 4.69) is 10.2 Å². The number of halogens is 1. The predicted molar refractivity (Wildman–Crippen MR) is 118 cm³/mol. The van der Waals surface area contributed by atoms with E-state index in [1.807, 2.05) is 39.0 Å². The van der Waals surface area contributed by atoms with Crippen LogP contribution in [0.15, 0.2) is 65.7 Å². The lowest BCUT2D eigenvalue weighted by molar-refractivity contribution is 0.590. The fourth-order valence-corrected chi connectivity index (χ4v) is 5.23. The predicted octanol–water partition coefficient (Wildman–Crippen LogP) is 4.44. The van der Waals surface area contributed by atoms with Gasteiger partial charge in [-0.15, -0.1) is 10.2 Å². The van der Waals surface area contributed by atoms with Crippen molar-refractivity contribution in [3.05, 3.63) is 89.1 Å². The summed E-state index contributed by atoms with van der Waals surface area (Å²) in [6.45, 7) is 5.84. The number of aryl methyl sites for hydroxylation is 3. The summed E-state index contributed by atoms with van der Waals surface area (Å²) in [4.78, 5) is 0.0727. The fraction of sp³-hybridized carbons (Fsp3) is 0.217. The van der Waals surface area contributed by atoms with Crippen molar-refractivity contribution in [2.45, 2.75) is 38.6 Å². The Morgan fingerprint density at radius 3 is 2.32 bits per heavy atom. The summed E-state index contributed by atoms with van der Waals surface area (Å²) in [5.74, 6) is 0.313. The highest BCUT2D eigenvalue weighted by Gasteiger charge is 2.29. The van der Waals surface area contributed by atoms with Crippen LogP contribution in [-0.4, -0.2) is 23.0 Å². The van der Waals surface area contributed by atoms with Crippen LogP contribution >= 0.6 is 0 Å². The summed E-state index contributed by atoms with van der Waals surface area (Å²) in [7, 11) is -4.00. The molecule has 0 aliphatic rings. The maximum atomic E-state index is 13.9. The molecule has 4 rings (SSSR count). The minimum absolute atomic E-state index is 0.0569. The Kier molecular flexibility index (Phi) is 5.49. The van der Waals surface area contributed by atoms with Gasteiger partial charge in [0.1, 0.15) is 16.5 Å². The molecule has 0 radical (unpaired) electrons. The standard InChI is InChI=1S/C23H23FN4O2S/c1-4-22-25-26-23-21(6-5-11-27(22)23)31(29,30)28(15-18-7-9-19(24)10-8-18)20-13-16(2)12-17(3)14-20/h5-14H,4,15H2,1-3H3. The molecule has 0 bridgehead atoms. The topological polar surface area (TPSA) is 67.6 Å². The van der Waals surface area contributed by atoms with Gasteiger partial charge in [-0.25, -0.2) is 12.8 Å². The van der Waals surface area contributed by atoms with E-state index < -0.39 is 10.0 Å². The van der Waals surface area contributed by atoms with E-state index >= 15 is 0 Å². The molecule has 8 heteroatoms. The largest absolute Gasteiger partial charge is 0.285 e. The highest BCUT2D eigenvalue weighted by atomic mass is 32.2. The van der Waals surface area contributed by atoms with Gasteiger partial charge in [0.25, 0.3) is 10.0 Å². The highest BCUT2D eigenvalue weighted by Crippen LogP contribution is 2.29. The molecule has 6 nitrogen and oxygen atoms in total. The van der Waals surface area contributed by atoms with Crippen LogP contribution in [0, 0.1) is 19.7 Å². The zero-order valence-electron chi connectivity index (χ0n) is 17.6. The first kappa shape index (κ1) is 21.0. The van der Waals surface area contributed by atoms with E-state index in [-0.39, 0.29) is 22.9 Å². The van der Waals surface area contributed by atoms with Gasteiger partial charge < -0.3 is 0 Å². The number of pyridine rings is 1. The Bertz CT molecular complexity index is 1330. The van der Waals surface area contributed by atoms with Crippen molar-refractivity contribution in [3.63, 3.8) is 0 Å². The lowest BCUT2D eigenvalue weighted by Gasteiger charge is -2.25. The smallest absolute Gasteiger partial charge is 0.268 e. The van der Waals surface area contributed by atoms with Crippen molar-refractivity contribution in [3.8, 4) is 0 Å². The molecule has 0 spiro atoms. The van der Waals surface area contributed by atoms with Crippen molar-refractivity contribution in [1.82, 2.24) is 14.6 Å². The number of aromatic nitrogens is 3. The normalized spacial score (nSPS) is 11.7. The Balaban J connectivity index is 1.89. The van der Waals surface area contributed by atoms with Gasteiger partial charge in [0.05, 0.1) is 12.2 Å². The van der Waals surface area contributed by atoms with E-state index in [4.69, 9.17) is 0 Å². The van der Waals surface area contributed by atoms with E-state index in [0.717, 1.165) is 11.1 Å². The van der Waals surface area contributed by atoms with Crippen molar-refractivity contribution in [2.75, 3.05) is 4.31 Å². The summed E-state index contributed by atoms with van der Waals surface area (Å²) >= 11 is 0. The van der Waals surface area contributed by atoms with Gasteiger partial charge in [-0.1, -0.05) is 25.1 Å². The van der Waals surface area contributed by atoms with Crippen LogP contribution in [0.25, 0.3) is 5.65 Å². The van der Waals surface area contributed by atoms with E-state index in [1.165, 1.54) is 16.4 Å². The van der Waals surface area contributed by atoms with Gasteiger partial charge in [-0.2, -0.15) is 0 Å². The van der Waals surface area contributed by atoms with Crippen LogP contribution in [0.1, 0.15) is 29.4 Å². The number of rotatable bonds is 6. The second-order valence-corrected chi connectivity index (χ2v) is 9.35. The Morgan fingerprint density at radius 1 is 1.00 bits per heavy atom. The minimum atomic E-state index is -4.00. The number of sulfonamides is 1. The highest BCUT2D eigenvalue weighted by molar-refractivity contribution is 7.93. The molecule has 0 fully saturated rings. The lowest BCUT2D eigenvalue weighted by Crippen LogP contribution is -2.31. The van der Waals surface area contributed by atoms with Crippen LogP contribution in [0.2, 0.25) is 0 Å². The van der Waals surface area contributed by atoms with E-state index in [0.29, 0.717) is 23.5 Å². The number of anilines is 1. The van der Waals surface area contributed by atoms with Crippen molar-refractivity contribution < 1.29 is 12.8 Å². The average Bonchev–Trinajstić information content (AvgIpc) is 3.15. The van der Waals surface area contributed by atoms with Gasteiger partial charge in [-0.3, -0.25) is 8.71 Å². The summed E-state index contributed by atoms with van der Waals surface area (Å²) < 4.78 is 44.3. The average molecular weight is 439 g/mol. The molecule has 31 heavy (non-hydrogen) atoms. The third-order valence-corrected chi connectivity index (χ3v) is 6.88. The van der Waals surface area contributed by atoms with Gasteiger partial charge in [0.2, 0.25) is 0 Å². The van der Waals surface area contributed by atoms with Crippen LogP contribution in [0.5, 0.6) is 0 Å². The van der Waals surface area contributed by atoms with Crippen molar-refractivity contribution >= 4 is 21.4 Å².